The first-order chi connectivity index (χ1) is 8.38. The highest BCUT2D eigenvalue weighted by atomic mass is 79.9. The van der Waals surface area contributed by atoms with Crippen LogP contribution in [0.5, 0.6) is 0 Å². The van der Waals surface area contributed by atoms with E-state index in [2.05, 4.69) is 47.7 Å². The number of hydrogen-bond acceptors (Lipinski definition) is 0. The zero-order valence-corrected chi connectivity index (χ0v) is 13.4. The summed E-state index contributed by atoms with van der Waals surface area (Å²) in [6, 6.07) is 13.5. The quantitative estimate of drug-likeness (QED) is 0.697. The second-order valence-electron chi connectivity index (χ2n) is 5.45. The fraction of sp³-hybridized carbons (Fsp3) is 0.200. The maximum Gasteiger partial charge on any atom is 0.132 e. The Kier molecular flexibility index (Phi) is 3.73. The lowest BCUT2D eigenvalue weighted by Crippen LogP contribution is -2.37. The zero-order valence-electron chi connectivity index (χ0n) is 10.8. The summed E-state index contributed by atoms with van der Waals surface area (Å²) in [5, 5.41) is 1.39. The molecule has 0 fully saturated rings. The molecule has 0 atom stereocenters. The van der Waals surface area contributed by atoms with Crippen LogP contribution in [0.4, 0.5) is 4.39 Å². The molecule has 2 aromatic carbocycles. The SMILES string of the molecule is C[Si](C)(C)c1ccc(-c2ccc(Br)cc2F)cc1. The molecule has 0 aliphatic heterocycles. The summed E-state index contributed by atoms with van der Waals surface area (Å²) in [6.45, 7) is 6.92. The van der Waals surface area contributed by atoms with Crippen LogP contribution in [0.2, 0.25) is 19.6 Å². The van der Waals surface area contributed by atoms with Crippen LogP contribution in [-0.2, 0) is 0 Å². The van der Waals surface area contributed by atoms with Gasteiger partial charge in [0.25, 0.3) is 0 Å². The van der Waals surface area contributed by atoms with Crippen molar-refractivity contribution in [1.29, 1.82) is 0 Å². The third-order valence-corrected chi connectivity index (χ3v) is 5.55. The van der Waals surface area contributed by atoms with E-state index >= 15 is 0 Å². The molecular weight excluding hydrogens is 307 g/mol. The van der Waals surface area contributed by atoms with Gasteiger partial charge >= 0.3 is 0 Å². The Morgan fingerprint density at radius 1 is 0.944 bits per heavy atom. The lowest BCUT2D eigenvalue weighted by Gasteiger charge is -2.16. The van der Waals surface area contributed by atoms with Crippen LogP contribution < -0.4 is 5.19 Å². The molecule has 0 nitrogen and oxygen atoms in total. The third-order valence-electron chi connectivity index (χ3n) is 2.99. The molecule has 0 aliphatic carbocycles. The Bertz CT molecular complexity index is 556. The van der Waals surface area contributed by atoms with Gasteiger partial charge in [-0.2, -0.15) is 0 Å². The molecule has 0 saturated carbocycles. The van der Waals surface area contributed by atoms with E-state index in [0.717, 1.165) is 10.0 Å². The lowest BCUT2D eigenvalue weighted by molar-refractivity contribution is 0.630. The van der Waals surface area contributed by atoms with E-state index in [1.54, 1.807) is 0 Å². The molecule has 0 spiro atoms. The molecule has 0 unspecified atom stereocenters. The molecule has 94 valence electrons. The van der Waals surface area contributed by atoms with E-state index in [-0.39, 0.29) is 5.82 Å². The molecule has 0 aliphatic rings. The van der Waals surface area contributed by atoms with E-state index in [1.807, 2.05) is 24.3 Å². The van der Waals surface area contributed by atoms with Crippen molar-refractivity contribution in [1.82, 2.24) is 0 Å². The number of hydrogen-bond donors (Lipinski definition) is 0. The van der Waals surface area contributed by atoms with Crippen LogP contribution in [0.3, 0.4) is 0 Å². The maximum absolute atomic E-state index is 13.8. The van der Waals surface area contributed by atoms with Gasteiger partial charge in [-0.05, 0) is 17.7 Å². The maximum atomic E-state index is 13.8. The smallest absolute Gasteiger partial charge is 0.132 e. The van der Waals surface area contributed by atoms with Gasteiger partial charge < -0.3 is 0 Å². The third kappa shape index (κ3) is 2.90. The molecule has 0 aromatic heterocycles. The van der Waals surface area contributed by atoms with Gasteiger partial charge in [-0.25, -0.2) is 4.39 Å². The van der Waals surface area contributed by atoms with E-state index in [9.17, 15) is 4.39 Å². The van der Waals surface area contributed by atoms with Crippen LogP contribution in [-0.4, -0.2) is 8.07 Å². The summed E-state index contributed by atoms with van der Waals surface area (Å²) in [7, 11) is -1.28. The van der Waals surface area contributed by atoms with Crippen LogP contribution in [0.25, 0.3) is 11.1 Å². The van der Waals surface area contributed by atoms with Gasteiger partial charge in [-0.3, -0.25) is 0 Å². The lowest BCUT2D eigenvalue weighted by atomic mass is 10.1. The molecule has 3 heteroatoms. The molecule has 0 amide bonds. The van der Waals surface area contributed by atoms with Gasteiger partial charge in [0.2, 0.25) is 0 Å². The van der Waals surface area contributed by atoms with Gasteiger partial charge in [-0.15, -0.1) is 0 Å². The van der Waals surface area contributed by atoms with Gasteiger partial charge in [0.15, 0.2) is 0 Å². The normalized spacial score (nSPS) is 11.6. The predicted octanol–water partition coefficient (Wildman–Crippen LogP) is 4.80. The molecule has 0 radical (unpaired) electrons. The van der Waals surface area contributed by atoms with Crippen molar-refractivity contribution >= 4 is 29.2 Å². The average Bonchev–Trinajstić information content (AvgIpc) is 2.28. The van der Waals surface area contributed by atoms with Crippen LogP contribution in [0.15, 0.2) is 46.9 Å². The first-order valence-corrected chi connectivity index (χ1v) is 10.2. The van der Waals surface area contributed by atoms with Crippen molar-refractivity contribution < 1.29 is 4.39 Å². The van der Waals surface area contributed by atoms with Crippen LogP contribution >= 0.6 is 15.9 Å². The minimum Gasteiger partial charge on any atom is -0.206 e. The molecule has 2 aromatic rings. The van der Waals surface area contributed by atoms with E-state index < -0.39 is 8.07 Å². The Hall–Kier alpha value is -0.933. The van der Waals surface area contributed by atoms with Gasteiger partial charge in [-0.1, -0.05) is 71.1 Å². The average molecular weight is 323 g/mol. The monoisotopic (exact) mass is 322 g/mol. The Balaban J connectivity index is 2.41. The molecule has 0 heterocycles. The van der Waals surface area contributed by atoms with Crippen LogP contribution in [0, 0.1) is 5.82 Å². The van der Waals surface area contributed by atoms with Crippen molar-refractivity contribution in [3.63, 3.8) is 0 Å². The number of benzene rings is 2. The summed E-state index contributed by atoms with van der Waals surface area (Å²) in [5.41, 5.74) is 1.59. The minimum atomic E-state index is -1.28. The topological polar surface area (TPSA) is 0 Å². The van der Waals surface area contributed by atoms with Crippen molar-refractivity contribution in [2.75, 3.05) is 0 Å². The summed E-state index contributed by atoms with van der Waals surface area (Å²) in [4.78, 5) is 0. The van der Waals surface area contributed by atoms with Gasteiger partial charge in [0.1, 0.15) is 5.82 Å². The Labute approximate surface area is 117 Å². The largest absolute Gasteiger partial charge is 0.206 e. The molecule has 2 rings (SSSR count). The summed E-state index contributed by atoms with van der Waals surface area (Å²) >= 11 is 3.27. The van der Waals surface area contributed by atoms with Gasteiger partial charge in [0, 0.05) is 10.0 Å². The minimum absolute atomic E-state index is 0.190. The first-order valence-electron chi connectivity index (χ1n) is 5.94. The highest BCUT2D eigenvalue weighted by Crippen LogP contribution is 2.25. The van der Waals surface area contributed by atoms with E-state index in [4.69, 9.17) is 0 Å². The molecule has 18 heavy (non-hydrogen) atoms. The summed E-state index contributed by atoms with van der Waals surface area (Å²) < 4.78 is 14.6. The fourth-order valence-electron chi connectivity index (χ4n) is 1.87. The van der Waals surface area contributed by atoms with Crippen molar-refractivity contribution in [3.05, 3.63) is 52.8 Å². The van der Waals surface area contributed by atoms with E-state index in [0.29, 0.717) is 5.56 Å². The molecule has 0 saturated heterocycles. The number of halogens is 2. The number of rotatable bonds is 2. The Morgan fingerprint density at radius 3 is 2.06 bits per heavy atom. The van der Waals surface area contributed by atoms with Crippen LogP contribution in [0.1, 0.15) is 0 Å². The standard InChI is InChI=1S/C15H16BrFSi/c1-18(2,3)13-7-4-11(5-8-13)14-9-6-12(16)10-15(14)17/h4-10H,1-3H3. The first kappa shape index (κ1) is 13.5. The Morgan fingerprint density at radius 2 is 1.56 bits per heavy atom. The predicted molar refractivity (Wildman–Crippen MR) is 82.5 cm³/mol. The fourth-order valence-corrected chi connectivity index (χ4v) is 3.37. The zero-order chi connectivity index (χ0) is 13.3. The molecule has 0 bridgehead atoms. The van der Waals surface area contributed by atoms with E-state index in [1.165, 1.54) is 11.3 Å². The van der Waals surface area contributed by atoms with Gasteiger partial charge in [0.05, 0.1) is 8.07 Å². The van der Waals surface area contributed by atoms with Crippen molar-refractivity contribution in [2.24, 2.45) is 0 Å². The molecule has 0 N–H and O–H groups in total. The van der Waals surface area contributed by atoms with Crippen molar-refractivity contribution in [2.45, 2.75) is 19.6 Å². The highest BCUT2D eigenvalue weighted by molar-refractivity contribution is 9.10. The van der Waals surface area contributed by atoms with Crippen molar-refractivity contribution in [3.8, 4) is 11.1 Å². The summed E-state index contributed by atoms with van der Waals surface area (Å²) in [6.07, 6.45) is 0. The summed E-state index contributed by atoms with van der Waals surface area (Å²) in [5.74, 6) is -0.190. The highest BCUT2D eigenvalue weighted by Gasteiger charge is 2.16. The second kappa shape index (κ2) is 4.98. The second-order valence-corrected chi connectivity index (χ2v) is 11.4. The molecular formula is C15H16BrFSi.